The normalized spacial score (nSPS) is 14.2. The summed E-state index contributed by atoms with van der Waals surface area (Å²) in [5.41, 5.74) is 0. The van der Waals surface area contributed by atoms with Crippen molar-refractivity contribution in [1.82, 2.24) is 4.72 Å². The zero-order valence-corrected chi connectivity index (χ0v) is 11.2. The Bertz CT molecular complexity index is 528. The molecule has 1 N–H and O–H groups in total. The number of halogens is 3. The van der Waals surface area contributed by atoms with Crippen LogP contribution in [0.1, 0.15) is 20.3 Å². The van der Waals surface area contributed by atoms with E-state index in [0.29, 0.717) is 6.42 Å². The zero-order chi connectivity index (χ0) is 14.7. The second-order valence-electron chi connectivity index (χ2n) is 3.95. The minimum atomic E-state index is -4.85. The van der Waals surface area contributed by atoms with Gasteiger partial charge in [0.15, 0.2) is 0 Å². The van der Waals surface area contributed by atoms with Gasteiger partial charge in [-0.2, -0.15) is 0 Å². The first-order chi connectivity index (χ1) is 8.64. The molecule has 0 fully saturated rings. The topological polar surface area (TPSA) is 55.4 Å². The summed E-state index contributed by atoms with van der Waals surface area (Å²) < 4.78 is 65.9. The minimum Gasteiger partial charge on any atom is -0.406 e. The molecule has 0 aliphatic heterocycles. The number of hydrogen-bond donors (Lipinski definition) is 1. The van der Waals surface area contributed by atoms with Crippen molar-refractivity contribution < 1.29 is 26.3 Å². The predicted octanol–water partition coefficient (Wildman–Crippen LogP) is 2.66. The van der Waals surface area contributed by atoms with E-state index in [1.54, 1.807) is 13.8 Å². The van der Waals surface area contributed by atoms with Crippen molar-refractivity contribution in [3.63, 3.8) is 0 Å². The molecule has 4 nitrogen and oxygen atoms in total. The highest BCUT2D eigenvalue weighted by Crippen LogP contribution is 2.24. The molecule has 1 aromatic carbocycles. The summed E-state index contributed by atoms with van der Waals surface area (Å²) in [5.74, 6) is -0.570. The van der Waals surface area contributed by atoms with Gasteiger partial charge in [0, 0.05) is 12.1 Å². The molecule has 0 aliphatic carbocycles. The summed E-state index contributed by atoms with van der Waals surface area (Å²) in [7, 11) is -3.85. The van der Waals surface area contributed by atoms with Gasteiger partial charge in [0.2, 0.25) is 10.0 Å². The molecule has 1 unspecified atom stereocenters. The van der Waals surface area contributed by atoms with Gasteiger partial charge in [-0.3, -0.25) is 0 Å². The van der Waals surface area contributed by atoms with Crippen LogP contribution in [0.2, 0.25) is 0 Å². The number of ether oxygens (including phenoxy) is 1. The van der Waals surface area contributed by atoms with Crippen LogP contribution in [-0.4, -0.2) is 20.8 Å². The van der Waals surface area contributed by atoms with Gasteiger partial charge in [0.25, 0.3) is 0 Å². The fraction of sp³-hybridized carbons (Fsp3) is 0.455. The molecule has 108 valence electrons. The lowest BCUT2D eigenvalue weighted by atomic mass is 10.3. The van der Waals surface area contributed by atoms with E-state index in [2.05, 4.69) is 9.46 Å². The molecule has 0 saturated carbocycles. The number of rotatable bonds is 5. The molecular formula is C11H14F3NO3S. The van der Waals surface area contributed by atoms with E-state index in [4.69, 9.17) is 0 Å². The highest BCUT2D eigenvalue weighted by molar-refractivity contribution is 7.89. The van der Waals surface area contributed by atoms with Crippen molar-refractivity contribution in [1.29, 1.82) is 0 Å². The summed E-state index contributed by atoms with van der Waals surface area (Å²) in [6.45, 7) is 3.45. The maximum absolute atomic E-state index is 12.0. The van der Waals surface area contributed by atoms with Crippen molar-refractivity contribution in [2.75, 3.05) is 0 Å². The Morgan fingerprint density at radius 3 is 2.53 bits per heavy atom. The molecular weight excluding hydrogens is 283 g/mol. The Morgan fingerprint density at radius 2 is 2.00 bits per heavy atom. The predicted molar refractivity (Wildman–Crippen MR) is 63.2 cm³/mol. The highest BCUT2D eigenvalue weighted by Gasteiger charge is 2.31. The van der Waals surface area contributed by atoms with Crippen LogP contribution in [0, 0.1) is 0 Å². The minimum absolute atomic E-state index is 0.269. The van der Waals surface area contributed by atoms with E-state index < -0.39 is 22.1 Å². The number of hydrogen-bond acceptors (Lipinski definition) is 3. The van der Waals surface area contributed by atoms with Gasteiger partial charge in [0.05, 0.1) is 4.90 Å². The van der Waals surface area contributed by atoms with Crippen LogP contribution >= 0.6 is 0 Å². The molecule has 19 heavy (non-hydrogen) atoms. The van der Waals surface area contributed by atoms with Gasteiger partial charge >= 0.3 is 6.36 Å². The summed E-state index contributed by atoms with van der Waals surface area (Å²) in [4.78, 5) is -0.269. The van der Waals surface area contributed by atoms with Crippen LogP contribution in [0.25, 0.3) is 0 Å². The van der Waals surface area contributed by atoms with Crippen molar-refractivity contribution in [3.8, 4) is 5.75 Å². The monoisotopic (exact) mass is 297 g/mol. The number of benzene rings is 1. The number of sulfonamides is 1. The molecule has 0 aromatic heterocycles. The Kier molecular flexibility index (Phi) is 4.81. The highest BCUT2D eigenvalue weighted by atomic mass is 32.2. The van der Waals surface area contributed by atoms with Gasteiger partial charge in [-0.25, -0.2) is 13.1 Å². The van der Waals surface area contributed by atoms with E-state index in [9.17, 15) is 21.6 Å². The summed E-state index contributed by atoms with van der Waals surface area (Å²) >= 11 is 0. The molecule has 1 rings (SSSR count). The molecule has 0 spiro atoms. The maximum Gasteiger partial charge on any atom is 0.573 e. The summed E-state index contributed by atoms with van der Waals surface area (Å²) in [6.07, 6.45) is -4.29. The molecule has 0 bridgehead atoms. The van der Waals surface area contributed by atoms with E-state index in [0.717, 1.165) is 12.1 Å². The van der Waals surface area contributed by atoms with Crippen molar-refractivity contribution in [2.45, 2.75) is 37.6 Å². The summed E-state index contributed by atoms with van der Waals surface area (Å²) in [5, 5.41) is 0. The number of nitrogens with one attached hydrogen (secondary N) is 1. The van der Waals surface area contributed by atoms with E-state index >= 15 is 0 Å². The van der Waals surface area contributed by atoms with E-state index in [1.165, 1.54) is 12.1 Å². The standard InChI is InChI=1S/C11H14F3NO3S/c1-3-8(2)15-19(16,17)10-6-4-5-9(7-10)18-11(12,13)14/h4-8,15H,3H2,1-2H3. The fourth-order valence-corrected chi connectivity index (χ4v) is 2.62. The molecule has 0 amide bonds. The average Bonchev–Trinajstić information content (AvgIpc) is 2.26. The SMILES string of the molecule is CCC(C)NS(=O)(=O)c1cccc(OC(F)(F)F)c1. The Hall–Kier alpha value is -1.28. The number of alkyl halides is 3. The van der Waals surface area contributed by atoms with Gasteiger partial charge in [-0.1, -0.05) is 13.0 Å². The maximum atomic E-state index is 12.0. The molecule has 1 atom stereocenters. The van der Waals surface area contributed by atoms with Gasteiger partial charge in [0.1, 0.15) is 5.75 Å². The first kappa shape index (κ1) is 15.8. The lowest BCUT2D eigenvalue weighted by molar-refractivity contribution is -0.274. The van der Waals surface area contributed by atoms with Crippen LogP contribution in [-0.2, 0) is 10.0 Å². The lowest BCUT2D eigenvalue weighted by Gasteiger charge is -2.13. The second-order valence-corrected chi connectivity index (χ2v) is 5.67. The van der Waals surface area contributed by atoms with Crippen molar-refractivity contribution in [3.05, 3.63) is 24.3 Å². The third-order valence-electron chi connectivity index (χ3n) is 2.32. The van der Waals surface area contributed by atoms with Crippen molar-refractivity contribution in [2.24, 2.45) is 0 Å². The first-order valence-electron chi connectivity index (χ1n) is 5.52. The van der Waals surface area contributed by atoms with Crippen LogP contribution in [0.5, 0.6) is 5.75 Å². The molecule has 0 saturated heterocycles. The van der Waals surface area contributed by atoms with Gasteiger partial charge in [-0.15, -0.1) is 13.2 Å². The van der Waals surface area contributed by atoms with E-state index in [-0.39, 0.29) is 10.9 Å². The second kappa shape index (κ2) is 5.79. The fourth-order valence-electron chi connectivity index (χ4n) is 1.25. The smallest absolute Gasteiger partial charge is 0.406 e. The summed E-state index contributed by atoms with van der Waals surface area (Å²) in [6, 6.07) is 3.95. The van der Waals surface area contributed by atoms with Crippen LogP contribution in [0.4, 0.5) is 13.2 Å². The largest absolute Gasteiger partial charge is 0.573 e. The molecule has 0 radical (unpaired) electrons. The molecule has 1 aromatic rings. The van der Waals surface area contributed by atoms with Gasteiger partial charge < -0.3 is 4.74 Å². The molecule has 0 heterocycles. The Morgan fingerprint density at radius 1 is 1.37 bits per heavy atom. The Balaban J connectivity index is 2.99. The lowest BCUT2D eigenvalue weighted by Crippen LogP contribution is -2.32. The third-order valence-corrected chi connectivity index (χ3v) is 3.91. The Labute approximate surface area is 109 Å². The third kappa shape index (κ3) is 5.07. The van der Waals surface area contributed by atoms with Crippen LogP contribution < -0.4 is 9.46 Å². The van der Waals surface area contributed by atoms with E-state index in [1.807, 2.05) is 0 Å². The molecule has 8 heteroatoms. The zero-order valence-electron chi connectivity index (χ0n) is 10.4. The average molecular weight is 297 g/mol. The quantitative estimate of drug-likeness (QED) is 0.909. The van der Waals surface area contributed by atoms with Crippen LogP contribution in [0.3, 0.4) is 0 Å². The van der Waals surface area contributed by atoms with Gasteiger partial charge in [-0.05, 0) is 25.5 Å². The first-order valence-corrected chi connectivity index (χ1v) is 7.00. The van der Waals surface area contributed by atoms with Crippen LogP contribution in [0.15, 0.2) is 29.2 Å². The van der Waals surface area contributed by atoms with Crippen molar-refractivity contribution >= 4 is 10.0 Å². The molecule has 0 aliphatic rings.